The molecule has 1 aromatic rings. The van der Waals surface area contributed by atoms with Gasteiger partial charge in [-0.2, -0.15) is 0 Å². The van der Waals surface area contributed by atoms with Crippen LogP contribution >= 0.6 is 0 Å². The Morgan fingerprint density at radius 2 is 1.60 bits per heavy atom. The first kappa shape index (κ1) is 14.9. The van der Waals surface area contributed by atoms with E-state index in [0.29, 0.717) is 6.04 Å². The number of aryl methyl sites for hydroxylation is 2. The van der Waals surface area contributed by atoms with E-state index in [9.17, 15) is 4.79 Å². The summed E-state index contributed by atoms with van der Waals surface area (Å²) in [6.45, 7) is 12.0. The molecule has 110 valence electrons. The van der Waals surface area contributed by atoms with E-state index < -0.39 is 0 Å². The van der Waals surface area contributed by atoms with Gasteiger partial charge in [0, 0.05) is 37.9 Å². The van der Waals surface area contributed by atoms with Gasteiger partial charge in [-0.25, -0.2) is 4.79 Å². The van der Waals surface area contributed by atoms with Crippen LogP contribution in [0, 0.1) is 13.8 Å². The third kappa shape index (κ3) is 3.73. The molecule has 0 aliphatic carbocycles. The quantitative estimate of drug-likeness (QED) is 0.901. The summed E-state index contributed by atoms with van der Waals surface area (Å²) in [5, 5.41) is 3.01. The van der Waals surface area contributed by atoms with Gasteiger partial charge < -0.3 is 10.2 Å². The van der Waals surface area contributed by atoms with Crippen LogP contribution in [-0.4, -0.2) is 48.1 Å². The molecule has 1 aliphatic rings. The summed E-state index contributed by atoms with van der Waals surface area (Å²) in [5.41, 5.74) is 3.23. The zero-order valence-electron chi connectivity index (χ0n) is 12.9. The first-order valence-corrected chi connectivity index (χ1v) is 7.34. The highest BCUT2D eigenvalue weighted by molar-refractivity contribution is 5.89. The van der Waals surface area contributed by atoms with Gasteiger partial charge in [0.15, 0.2) is 0 Å². The van der Waals surface area contributed by atoms with Gasteiger partial charge in [-0.05, 0) is 51.0 Å². The molecule has 20 heavy (non-hydrogen) atoms. The Kier molecular flexibility index (Phi) is 4.65. The minimum Gasteiger partial charge on any atom is -0.322 e. The number of benzene rings is 1. The van der Waals surface area contributed by atoms with E-state index in [0.717, 1.165) is 31.9 Å². The third-order valence-electron chi connectivity index (χ3n) is 3.80. The second-order valence-electron chi connectivity index (χ2n) is 5.92. The maximum Gasteiger partial charge on any atom is 0.321 e. The highest BCUT2D eigenvalue weighted by atomic mass is 16.2. The highest BCUT2D eigenvalue weighted by Gasteiger charge is 2.22. The number of amides is 2. The molecule has 0 saturated carbocycles. The zero-order chi connectivity index (χ0) is 14.7. The zero-order valence-corrected chi connectivity index (χ0v) is 12.9. The number of piperazine rings is 1. The van der Waals surface area contributed by atoms with Gasteiger partial charge in [0.05, 0.1) is 0 Å². The van der Waals surface area contributed by atoms with E-state index in [2.05, 4.69) is 30.1 Å². The van der Waals surface area contributed by atoms with Crippen molar-refractivity contribution in [3.8, 4) is 0 Å². The second kappa shape index (κ2) is 6.27. The molecule has 1 aliphatic heterocycles. The lowest BCUT2D eigenvalue weighted by atomic mass is 10.1. The summed E-state index contributed by atoms with van der Waals surface area (Å²) in [5.74, 6) is 0. The van der Waals surface area contributed by atoms with Crippen molar-refractivity contribution in [2.24, 2.45) is 0 Å². The minimum absolute atomic E-state index is 0.0124. The Morgan fingerprint density at radius 1 is 1.05 bits per heavy atom. The van der Waals surface area contributed by atoms with E-state index in [1.165, 1.54) is 11.1 Å². The molecule has 4 heteroatoms. The topological polar surface area (TPSA) is 35.6 Å². The van der Waals surface area contributed by atoms with Crippen molar-refractivity contribution in [3.05, 3.63) is 29.3 Å². The highest BCUT2D eigenvalue weighted by Crippen LogP contribution is 2.15. The minimum atomic E-state index is 0.0124. The molecule has 2 amide bonds. The lowest BCUT2D eigenvalue weighted by Crippen LogP contribution is -2.51. The average molecular weight is 275 g/mol. The van der Waals surface area contributed by atoms with Crippen molar-refractivity contribution < 1.29 is 4.79 Å². The molecule has 1 aromatic carbocycles. The fourth-order valence-electron chi connectivity index (χ4n) is 2.69. The number of hydrogen-bond acceptors (Lipinski definition) is 2. The van der Waals surface area contributed by atoms with Crippen molar-refractivity contribution in [1.82, 2.24) is 9.80 Å². The van der Waals surface area contributed by atoms with E-state index in [1.807, 2.05) is 30.9 Å². The number of nitrogens with one attached hydrogen (secondary N) is 1. The molecule has 1 fully saturated rings. The summed E-state index contributed by atoms with van der Waals surface area (Å²) in [4.78, 5) is 16.6. The van der Waals surface area contributed by atoms with E-state index in [4.69, 9.17) is 0 Å². The molecule has 1 saturated heterocycles. The van der Waals surface area contributed by atoms with Crippen molar-refractivity contribution >= 4 is 11.7 Å². The van der Waals surface area contributed by atoms with Crippen LogP contribution in [0.4, 0.5) is 10.5 Å². The molecule has 4 nitrogen and oxygen atoms in total. The summed E-state index contributed by atoms with van der Waals surface area (Å²) in [6.07, 6.45) is 0. The Morgan fingerprint density at radius 3 is 2.10 bits per heavy atom. The molecule has 0 spiro atoms. The van der Waals surface area contributed by atoms with Crippen LogP contribution < -0.4 is 5.32 Å². The molecule has 0 bridgehead atoms. The number of hydrogen-bond donors (Lipinski definition) is 1. The van der Waals surface area contributed by atoms with Gasteiger partial charge in [-0.3, -0.25) is 4.90 Å². The van der Waals surface area contributed by atoms with Crippen molar-refractivity contribution in [3.63, 3.8) is 0 Å². The van der Waals surface area contributed by atoms with Crippen molar-refractivity contribution in [2.75, 3.05) is 31.5 Å². The summed E-state index contributed by atoms with van der Waals surface area (Å²) in [6, 6.07) is 6.69. The molecule has 0 aromatic heterocycles. The lowest BCUT2D eigenvalue weighted by Gasteiger charge is -2.36. The summed E-state index contributed by atoms with van der Waals surface area (Å²) < 4.78 is 0. The second-order valence-corrected chi connectivity index (χ2v) is 5.92. The predicted molar refractivity (Wildman–Crippen MR) is 83.2 cm³/mol. The van der Waals surface area contributed by atoms with Gasteiger partial charge in [-0.1, -0.05) is 6.07 Å². The van der Waals surface area contributed by atoms with Crippen molar-refractivity contribution in [2.45, 2.75) is 33.7 Å². The van der Waals surface area contributed by atoms with Gasteiger partial charge >= 0.3 is 6.03 Å². The number of urea groups is 1. The summed E-state index contributed by atoms with van der Waals surface area (Å²) >= 11 is 0. The molecule has 0 radical (unpaired) electrons. The van der Waals surface area contributed by atoms with Gasteiger partial charge in [0.25, 0.3) is 0 Å². The molecule has 2 rings (SSSR count). The fourth-order valence-corrected chi connectivity index (χ4v) is 2.69. The van der Waals surface area contributed by atoms with Gasteiger partial charge in [0.2, 0.25) is 0 Å². The monoisotopic (exact) mass is 275 g/mol. The maximum atomic E-state index is 12.3. The maximum absolute atomic E-state index is 12.3. The fraction of sp³-hybridized carbons (Fsp3) is 0.562. The Balaban J connectivity index is 1.92. The van der Waals surface area contributed by atoms with Gasteiger partial charge in [0.1, 0.15) is 0 Å². The van der Waals surface area contributed by atoms with Crippen LogP contribution in [0.5, 0.6) is 0 Å². The molecular weight excluding hydrogens is 250 g/mol. The Bertz CT molecular complexity index is 456. The number of rotatable bonds is 2. The standard InChI is InChI=1S/C16H25N3O/c1-12(2)18-5-7-19(8-6-18)16(20)17-15-10-13(3)9-14(4)11-15/h9-12H,5-8H2,1-4H3,(H,17,20). The van der Waals surface area contributed by atoms with Crippen molar-refractivity contribution in [1.29, 1.82) is 0 Å². The Hall–Kier alpha value is -1.55. The number of carbonyl (C=O) groups excluding carboxylic acids is 1. The number of carbonyl (C=O) groups is 1. The van der Waals surface area contributed by atoms with Crippen LogP contribution in [0.15, 0.2) is 18.2 Å². The van der Waals surface area contributed by atoms with Gasteiger partial charge in [-0.15, -0.1) is 0 Å². The SMILES string of the molecule is Cc1cc(C)cc(NC(=O)N2CCN(C(C)C)CC2)c1. The predicted octanol–water partition coefficient (Wildman–Crippen LogP) is 2.86. The smallest absolute Gasteiger partial charge is 0.321 e. The van der Waals surface area contributed by atoms with E-state index in [-0.39, 0.29) is 6.03 Å². The molecule has 1 N–H and O–H groups in total. The molecular formula is C16H25N3O. The van der Waals surface area contributed by atoms with Crippen LogP contribution in [-0.2, 0) is 0 Å². The van der Waals surface area contributed by atoms with E-state index in [1.54, 1.807) is 0 Å². The first-order chi connectivity index (χ1) is 9.45. The molecule has 0 atom stereocenters. The molecule has 1 heterocycles. The van der Waals surface area contributed by atoms with E-state index >= 15 is 0 Å². The largest absolute Gasteiger partial charge is 0.322 e. The molecule has 0 unspecified atom stereocenters. The number of nitrogens with zero attached hydrogens (tertiary/aromatic N) is 2. The van der Waals surface area contributed by atoms with Crippen LogP contribution in [0.2, 0.25) is 0 Å². The van der Waals surface area contributed by atoms with Crippen LogP contribution in [0.3, 0.4) is 0 Å². The summed E-state index contributed by atoms with van der Waals surface area (Å²) in [7, 11) is 0. The van der Waals surface area contributed by atoms with Crippen LogP contribution in [0.1, 0.15) is 25.0 Å². The number of anilines is 1. The lowest BCUT2D eigenvalue weighted by molar-refractivity contribution is 0.125. The van der Waals surface area contributed by atoms with Crippen LogP contribution in [0.25, 0.3) is 0 Å². The normalized spacial score (nSPS) is 16.6. The first-order valence-electron chi connectivity index (χ1n) is 7.34. The Labute approximate surface area is 121 Å². The third-order valence-corrected chi connectivity index (χ3v) is 3.80. The average Bonchev–Trinajstić information content (AvgIpc) is 2.37.